The highest BCUT2D eigenvalue weighted by molar-refractivity contribution is 9.09. The van der Waals surface area contributed by atoms with E-state index in [0.717, 1.165) is 55.8 Å². The van der Waals surface area contributed by atoms with Crippen molar-refractivity contribution in [3.8, 4) is 11.5 Å². The molecule has 1 aliphatic heterocycles. The number of halogens is 1. The molecule has 0 unspecified atom stereocenters. The summed E-state index contributed by atoms with van der Waals surface area (Å²) in [5.74, 6) is 1.45. The van der Waals surface area contributed by atoms with Crippen molar-refractivity contribution < 1.29 is 19.0 Å². The van der Waals surface area contributed by atoms with Crippen LogP contribution in [0.2, 0.25) is 0 Å². The monoisotopic (exact) mass is 399 g/mol. The van der Waals surface area contributed by atoms with Crippen molar-refractivity contribution in [2.45, 2.75) is 26.3 Å². The molecule has 0 aliphatic carbocycles. The fourth-order valence-electron chi connectivity index (χ4n) is 2.75. The Morgan fingerprint density at radius 2 is 2.04 bits per heavy atom. The number of unbranched alkanes of at least 4 members (excludes halogenated alkanes) is 1. The van der Waals surface area contributed by atoms with Crippen molar-refractivity contribution in [1.29, 1.82) is 0 Å². The summed E-state index contributed by atoms with van der Waals surface area (Å²) in [6.07, 6.45) is 1.98. The van der Waals surface area contributed by atoms with Crippen LogP contribution >= 0.6 is 15.9 Å². The van der Waals surface area contributed by atoms with Crippen molar-refractivity contribution >= 4 is 21.7 Å². The number of Topliss-reactive ketones (excluding diaryl/α,β-unsaturated/α-hetero) is 1. The number of ketones is 1. The smallest absolute Gasteiger partial charge is 0.163 e. The van der Waals surface area contributed by atoms with Gasteiger partial charge in [0.25, 0.3) is 0 Å². The maximum absolute atomic E-state index is 12.0. The molecule has 0 aromatic heterocycles. The second kappa shape index (κ2) is 10.0. The van der Waals surface area contributed by atoms with E-state index in [0.29, 0.717) is 24.5 Å². The third kappa shape index (κ3) is 5.19. The normalized spacial score (nSPS) is 15.3. The molecule has 0 spiro atoms. The predicted octanol–water partition coefficient (Wildman–Crippen LogP) is 3.28. The van der Waals surface area contributed by atoms with Crippen molar-refractivity contribution in [2.24, 2.45) is 0 Å². The molecule has 1 aromatic rings. The van der Waals surface area contributed by atoms with E-state index < -0.39 is 0 Å². The molecule has 0 atom stereocenters. The highest BCUT2D eigenvalue weighted by Gasteiger charge is 2.21. The molecule has 0 amide bonds. The van der Waals surface area contributed by atoms with Crippen molar-refractivity contribution in [1.82, 2.24) is 4.90 Å². The minimum Gasteiger partial charge on any atom is -0.496 e. The highest BCUT2D eigenvalue weighted by atomic mass is 79.9. The first-order valence-corrected chi connectivity index (χ1v) is 9.49. The zero-order chi connectivity index (χ0) is 17.4. The molecule has 0 saturated carbocycles. The summed E-state index contributed by atoms with van der Waals surface area (Å²) in [5.41, 5.74) is 1.57. The Kier molecular flexibility index (Phi) is 8.02. The minimum atomic E-state index is 0.0105. The van der Waals surface area contributed by atoms with Crippen LogP contribution in [0.25, 0.3) is 0 Å². The van der Waals surface area contributed by atoms with Gasteiger partial charge in [-0.1, -0.05) is 15.9 Å². The van der Waals surface area contributed by atoms with E-state index in [1.165, 1.54) is 0 Å². The quantitative estimate of drug-likeness (QED) is 0.362. The van der Waals surface area contributed by atoms with Gasteiger partial charge < -0.3 is 14.2 Å². The third-order valence-electron chi connectivity index (χ3n) is 4.08. The Morgan fingerprint density at radius 3 is 2.67 bits per heavy atom. The van der Waals surface area contributed by atoms with E-state index in [1.54, 1.807) is 20.1 Å². The first-order chi connectivity index (χ1) is 11.7. The summed E-state index contributed by atoms with van der Waals surface area (Å²) >= 11 is 3.43. The van der Waals surface area contributed by atoms with E-state index in [9.17, 15) is 4.79 Å². The summed E-state index contributed by atoms with van der Waals surface area (Å²) in [6, 6.07) is 3.65. The van der Waals surface area contributed by atoms with Gasteiger partial charge in [-0.05, 0) is 31.9 Å². The molecule has 6 heteroatoms. The van der Waals surface area contributed by atoms with Gasteiger partial charge in [-0.3, -0.25) is 9.69 Å². The average Bonchev–Trinajstić information content (AvgIpc) is 2.60. The summed E-state index contributed by atoms with van der Waals surface area (Å²) in [7, 11) is 1.65. The van der Waals surface area contributed by atoms with Crippen LogP contribution < -0.4 is 9.47 Å². The number of nitrogens with zero attached hydrogens (tertiary/aromatic N) is 1. The van der Waals surface area contributed by atoms with Crippen molar-refractivity contribution in [3.63, 3.8) is 0 Å². The van der Waals surface area contributed by atoms with Gasteiger partial charge in [0.15, 0.2) is 5.78 Å². The summed E-state index contributed by atoms with van der Waals surface area (Å²) < 4.78 is 17.0. The van der Waals surface area contributed by atoms with Gasteiger partial charge in [0, 0.05) is 25.0 Å². The van der Waals surface area contributed by atoms with E-state index in [1.807, 2.05) is 6.07 Å². The number of alkyl halides is 1. The lowest BCUT2D eigenvalue weighted by molar-refractivity contribution is 0.0334. The Labute approximate surface area is 152 Å². The van der Waals surface area contributed by atoms with E-state index in [2.05, 4.69) is 20.8 Å². The van der Waals surface area contributed by atoms with Crippen LogP contribution in [0.15, 0.2) is 12.1 Å². The molecule has 1 aliphatic rings. The Morgan fingerprint density at radius 1 is 1.29 bits per heavy atom. The fourth-order valence-corrected chi connectivity index (χ4v) is 3.14. The second-order valence-corrected chi connectivity index (χ2v) is 6.61. The minimum absolute atomic E-state index is 0.0105. The van der Waals surface area contributed by atoms with Gasteiger partial charge in [-0.2, -0.15) is 0 Å². The third-order valence-corrected chi connectivity index (χ3v) is 4.64. The summed E-state index contributed by atoms with van der Waals surface area (Å²) in [6.45, 7) is 6.07. The van der Waals surface area contributed by atoms with Crippen LogP contribution in [0.5, 0.6) is 11.5 Å². The Balaban J connectivity index is 2.27. The molecule has 0 N–H and O–H groups in total. The molecule has 1 fully saturated rings. The standard InChI is InChI=1S/C18H26BrNO4/c1-14(21)15-5-6-17(22-2)16(13-20-8-11-23-12-9-20)18(15)24-10-4-3-7-19/h5-6H,3-4,7-13H2,1-2H3. The van der Waals surface area contributed by atoms with Crippen LogP contribution in [0.1, 0.15) is 35.7 Å². The molecule has 134 valence electrons. The Bertz CT molecular complexity index is 544. The summed E-state index contributed by atoms with van der Waals surface area (Å²) in [5, 5.41) is 0.953. The largest absolute Gasteiger partial charge is 0.496 e. The lowest BCUT2D eigenvalue weighted by Crippen LogP contribution is -2.36. The number of methoxy groups -OCH3 is 1. The molecule has 1 heterocycles. The topological polar surface area (TPSA) is 48.0 Å². The molecular formula is C18H26BrNO4. The molecular weight excluding hydrogens is 374 g/mol. The lowest BCUT2D eigenvalue weighted by Gasteiger charge is -2.28. The highest BCUT2D eigenvalue weighted by Crippen LogP contribution is 2.34. The van der Waals surface area contributed by atoms with E-state index >= 15 is 0 Å². The molecule has 1 saturated heterocycles. The second-order valence-electron chi connectivity index (χ2n) is 5.81. The van der Waals surface area contributed by atoms with Gasteiger partial charge in [0.1, 0.15) is 11.5 Å². The van der Waals surface area contributed by atoms with Crippen LogP contribution in [0.3, 0.4) is 0 Å². The number of morpholine rings is 1. The zero-order valence-corrected chi connectivity index (χ0v) is 16.1. The van der Waals surface area contributed by atoms with Crippen molar-refractivity contribution in [2.75, 3.05) is 45.4 Å². The molecule has 1 aromatic carbocycles. The van der Waals surface area contributed by atoms with Gasteiger partial charge in [0.2, 0.25) is 0 Å². The van der Waals surface area contributed by atoms with Crippen molar-refractivity contribution in [3.05, 3.63) is 23.3 Å². The fraction of sp³-hybridized carbons (Fsp3) is 0.611. The van der Waals surface area contributed by atoms with Crippen LogP contribution in [-0.4, -0.2) is 56.0 Å². The van der Waals surface area contributed by atoms with Gasteiger partial charge >= 0.3 is 0 Å². The Hall–Kier alpha value is -1.11. The number of carbonyl (C=O) groups is 1. The predicted molar refractivity (Wildman–Crippen MR) is 97.6 cm³/mol. The van der Waals surface area contributed by atoms with Gasteiger partial charge in [0.05, 0.1) is 38.1 Å². The number of hydrogen-bond acceptors (Lipinski definition) is 5. The lowest BCUT2D eigenvalue weighted by atomic mass is 10.0. The molecule has 24 heavy (non-hydrogen) atoms. The average molecular weight is 400 g/mol. The SMILES string of the molecule is COc1ccc(C(C)=O)c(OCCCCBr)c1CN1CCOCC1. The first-order valence-electron chi connectivity index (χ1n) is 8.37. The van der Waals surface area contributed by atoms with Gasteiger partial charge in [-0.15, -0.1) is 0 Å². The number of rotatable bonds is 9. The number of ether oxygens (including phenoxy) is 3. The maximum atomic E-state index is 12.0. The zero-order valence-electron chi connectivity index (χ0n) is 14.5. The molecule has 0 bridgehead atoms. The molecule has 0 radical (unpaired) electrons. The van der Waals surface area contributed by atoms with E-state index in [4.69, 9.17) is 14.2 Å². The van der Waals surface area contributed by atoms with Crippen LogP contribution in [0, 0.1) is 0 Å². The van der Waals surface area contributed by atoms with E-state index in [-0.39, 0.29) is 5.78 Å². The number of hydrogen-bond donors (Lipinski definition) is 0. The summed E-state index contributed by atoms with van der Waals surface area (Å²) in [4.78, 5) is 14.3. The first kappa shape index (κ1) is 19.2. The van der Waals surface area contributed by atoms with Crippen LogP contribution in [0.4, 0.5) is 0 Å². The van der Waals surface area contributed by atoms with Gasteiger partial charge in [-0.25, -0.2) is 0 Å². The number of carbonyl (C=O) groups excluding carboxylic acids is 1. The molecule has 2 rings (SSSR count). The maximum Gasteiger partial charge on any atom is 0.163 e. The molecule has 5 nitrogen and oxygen atoms in total. The van der Waals surface area contributed by atoms with Crippen LogP contribution in [-0.2, 0) is 11.3 Å². The number of benzene rings is 1.